The van der Waals surface area contributed by atoms with Gasteiger partial charge in [-0.3, -0.25) is 0 Å². The van der Waals surface area contributed by atoms with Crippen molar-refractivity contribution in [3.05, 3.63) is 17.2 Å². The van der Waals surface area contributed by atoms with Crippen LogP contribution in [0.25, 0.3) is 0 Å². The van der Waals surface area contributed by atoms with E-state index in [1.54, 1.807) is 0 Å². The van der Waals surface area contributed by atoms with Crippen molar-refractivity contribution in [2.24, 2.45) is 0 Å². The number of aromatic nitrogens is 2. The molecule has 1 heterocycles. The van der Waals surface area contributed by atoms with Crippen LogP contribution in [-0.2, 0) is 17.7 Å². The lowest BCUT2D eigenvalue weighted by Crippen LogP contribution is -2.08. The molecule has 0 aromatic carbocycles. The number of esters is 1. The van der Waals surface area contributed by atoms with Crippen LogP contribution in [-0.4, -0.2) is 22.1 Å². The molecular weight excluding hydrogens is 264 g/mol. The van der Waals surface area contributed by atoms with Crippen LogP contribution in [0.2, 0.25) is 0 Å². The summed E-state index contributed by atoms with van der Waals surface area (Å²) in [6.07, 6.45) is 8.01. The minimum Gasteiger partial charge on any atom is -0.461 e. The van der Waals surface area contributed by atoms with Gasteiger partial charge in [0.25, 0.3) is 0 Å². The number of carbonyl (C=O) groups excluding carboxylic acids is 1. The molecule has 1 rings (SSSR count). The van der Waals surface area contributed by atoms with Gasteiger partial charge in [0, 0.05) is 18.7 Å². The molecule has 0 radical (unpaired) electrons. The summed E-state index contributed by atoms with van der Waals surface area (Å²) in [5, 5.41) is 0. The summed E-state index contributed by atoms with van der Waals surface area (Å²) in [5.74, 6) is 0.751. The SMILES string of the molecule is CCCCCc1nc(C(=O)OCC)c(C)n1CCCCC. The third-order valence-electron chi connectivity index (χ3n) is 3.76. The lowest BCUT2D eigenvalue weighted by molar-refractivity contribution is 0.0519. The molecule has 4 heteroatoms. The molecule has 21 heavy (non-hydrogen) atoms. The molecule has 0 unspecified atom stereocenters. The molecule has 0 aliphatic rings. The third-order valence-corrected chi connectivity index (χ3v) is 3.76. The van der Waals surface area contributed by atoms with E-state index in [-0.39, 0.29) is 5.97 Å². The van der Waals surface area contributed by atoms with Gasteiger partial charge >= 0.3 is 5.97 Å². The summed E-state index contributed by atoms with van der Waals surface area (Å²) >= 11 is 0. The summed E-state index contributed by atoms with van der Waals surface area (Å²) in [6.45, 7) is 9.55. The molecule has 0 amide bonds. The second-order valence-electron chi connectivity index (χ2n) is 5.50. The highest BCUT2D eigenvalue weighted by Gasteiger charge is 2.19. The van der Waals surface area contributed by atoms with E-state index in [0.717, 1.165) is 37.3 Å². The van der Waals surface area contributed by atoms with E-state index in [1.165, 1.54) is 25.7 Å². The number of imidazole rings is 1. The van der Waals surface area contributed by atoms with Gasteiger partial charge in [-0.2, -0.15) is 0 Å². The van der Waals surface area contributed by atoms with Gasteiger partial charge in [0.15, 0.2) is 5.69 Å². The molecule has 1 aromatic heterocycles. The van der Waals surface area contributed by atoms with Crippen LogP contribution in [0.5, 0.6) is 0 Å². The molecule has 0 bridgehead atoms. The second kappa shape index (κ2) is 9.59. The molecule has 0 fully saturated rings. The van der Waals surface area contributed by atoms with Crippen LogP contribution in [0, 0.1) is 6.92 Å². The quantitative estimate of drug-likeness (QED) is 0.477. The molecule has 0 N–H and O–H groups in total. The predicted octanol–water partition coefficient (Wildman–Crippen LogP) is 4.29. The van der Waals surface area contributed by atoms with Gasteiger partial charge in [0.05, 0.1) is 6.61 Å². The Kier molecular flexibility index (Phi) is 8.09. The van der Waals surface area contributed by atoms with Gasteiger partial charge in [-0.25, -0.2) is 9.78 Å². The summed E-state index contributed by atoms with van der Waals surface area (Å²) in [6, 6.07) is 0. The van der Waals surface area contributed by atoms with Crippen molar-refractivity contribution in [1.29, 1.82) is 0 Å². The van der Waals surface area contributed by atoms with E-state index in [2.05, 4.69) is 23.4 Å². The van der Waals surface area contributed by atoms with Gasteiger partial charge < -0.3 is 9.30 Å². The molecule has 4 nitrogen and oxygen atoms in total. The van der Waals surface area contributed by atoms with E-state index in [9.17, 15) is 4.79 Å². The zero-order valence-electron chi connectivity index (χ0n) is 14.1. The largest absolute Gasteiger partial charge is 0.461 e. The van der Waals surface area contributed by atoms with E-state index < -0.39 is 0 Å². The smallest absolute Gasteiger partial charge is 0.358 e. The number of carbonyl (C=O) groups is 1. The van der Waals surface area contributed by atoms with Gasteiger partial charge in [0.2, 0.25) is 0 Å². The highest BCUT2D eigenvalue weighted by molar-refractivity contribution is 5.88. The Hall–Kier alpha value is -1.32. The van der Waals surface area contributed by atoms with Crippen LogP contribution in [0.15, 0.2) is 0 Å². The Morgan fingerprint density at radius 3 is 2.38 bits per heavy atom. The third kappa shape index (κ3) is 5.18. The van der Waals surface area contributed by atoms with E-state index in [4.69, 9.17) is 4.74 Å². The fourth-order valence-electron chi connectivity index (χ4n) is 2.53. The summed E-state index contributed by atoms with van der Waals surface area (Å²) in [7, 11) is 0. The molecule has 0 saturated heterocycles. The first-order valence-electron chi connectivity index (χ1n) is 8.38. The standard InChI is InChI=1S/C17H30N2O2/c1-5-8-10-12-15-18-16(17(20)21-7-3)14(4)19(15)13-11-9-6-2/h5-13H2,1-4H3. The maximum absolute atomic E-state index is 12.0. The fourth-order valence-corrected chi connectivity index (χ4v) is 2.53. The highest BCUT2D eigenvalue weighted by atomic mass is 16.5. The maximum Gasteiger partial charge on any atom is 0.358 e. The molecule has 0 aliphatic carbocycles. The van der Waals surface area contributed by atoms with Crippen LogP contribution >= 0.6 is 0 Å². The number of rotatable bonds is 10. The number of ether oxygens (including phenoxy) is 1. The Morgan fingerprint density at radius 1 is 1.10 bits per heavy atom. The molecule has 1 aromatic rings. The first-order valence-corrected chi connectivity index (χ1v) is 8.38. The zero-order chi connectivity index (χ0) is 15.7. The first kappa shape index (κ1) is 17.7. The lowest BCUT2D eigenvalue weighted by Gasteiger charge is -2.09. The van der Waals surface area contributed by atoms with Gasteiger partial charge in [-0.1, -0.05) is 39.5 Å². The summed E-state index contributed by atoms with van der Waals surface area (Å²) in [5.41, 5.74) is 1.45. The second-order valence-corrected chi connectivity index (χ2v) is 5.50. The van der Waals surface area contributed by atoms with Crippen molar-refractivity contribution in [2.45, 2.75) is 79.2 Å². The molecule has 0 aliphatic heterocycles. The maximum atomic E-state index is 12.0. The van der Waals surface area contributed by atoms with E-state index in [1.807, 2.05) is 13.8 Å². The molecule has 120 valence electrons. The zero-order valence-corrected chi connectivity index (χ0v) is 14.1. The van der Waals surface area contributed by atoms with Crippen LogP contribution in [0.4, 0.5) is 0 Å². The highest BCUT2D eigenvalue weighted by Crippen LogP contribution is 2.16. The summed E-state index contributed by atoms with van der Waals surface area (Å²) in [4.78, 5) is 16.6. The predicted molar refractivity (Wildman–Crippen MR) is 85.7 cm³/mol. The average Bonchev–Trinajstić information content (AvgIpc) is 2.77. The van der Waals surface area contributed by atoms with Crippen molar-refractivity contribution in [2.75, 3.05) is 6.61 Å². The van der Waals surface area contributed by atoms with Gasteiger partial charge in [-0.05, 0) is 26.7 Å². The Bertz CT molecular complexity index is 438. The summed E-state index contributed by atoms with van der Waals surface area (Å²) < 4.78 is 7.33. The molecular formula is C17H30N2O2. The number of unbranched alkanes of at least 4 members (excludes halogenated alkanes) is 4. The Balaban J connectivity index is 2.90. The number of hydrogen-bond donors (Lipinski definition) is 0. The van der Waals surface area contributed by atoms with Crippen molar-refractivity contribution >= 4 is 5.97 Å². The Morgan fingerprint density at radius 2 is 1.76 bits per heavy atom. The number of nitrogens with zero attached hydrogens (tertiary/aromatic N) is 2. The molecule has 0 saturated carbocycles. The van der Waals surface area contributed by atoms with Gasteiger partial charge in [0.1, 0.15) is 5.82 Å². The average molecular weight is 294 g/mol. The minimum absolute atomic E-state index is 0.291. The van der Waals surface area contributed by atoms with Crippen molar-refractivity contribution in [1.82, 2.24) is 9.55 Å². The normalized spacial score (nSPS) is 10.9. The Labute approximate surface area is 128 Å². The van der Waals surface area contributed by atoms with Crippen molar-refractivity contribution in [3.63, 3.8) is 0 Å². The first-order chi connectivity index (χ1) is 10.2. The number of aryl methyl sites for hydroxylation is 1. The molecule has 0 spiro atoms. The monoisotopic (exact) mass is 294 g/mol. The van der Waals surface area contributed by atoms with Crippen molar-refractivity contribution < 1.29 is 9.53 Å². The lowest BCUT2D eigenvalue weighted by atomic mass is 10.2. The topological polar surface area (TPSA) is 44.1 Å². The van der Waals surface area contributed by atoms with Crippen LogP contribution in [0.3, 0.4) is 0 Å². The number of hydrogen-bond acceptors (Lipinski definition) is 3. The van der Waals surface area contributed by atoms with E-state index >= 15 is 0 Å². The van der Waals surface area contributed by atoms with Gasteiger partial charge in [-0.15, -0.1) is 0 Å². The van der Waals surface area contributed by atoms with Crippen LogP contribution in [0.1, 0.15) is 81.3 Å². The molecule has 0 atom stereocenters. The van der Waals surface area contributed by atoms with Crippen molar-refractivity contribution in [3.8, 4) is 0 Å². The fraction of sp³-hybridized carbons (Fsp3) is 0.765. The van der Waals surface area contributed by atoms with Crippen LogP contribution < -0.4 is 0 Å². The van der Waals surface area contributed by atoms with E-state index in [0.29, 0.717) is 12.3 Å². The minimum atomic E-state index is -0.291.